The van der Waals surface area contributed by atoms with Crippen LogP contribution in [0, 0.1) is 17.8 Å². The molecule has 0 radical (unpaired) electrons. The Labute approximate surface area is 89.3 Å². The van der Waals surface area contributed by atoms with Gasteiger partial charge in [0.15, 0.2) is 0 Å². The van der Waals surface area contributed by atoms with Gasteiger partial charge in [-0.05, 0) is 31.1 Å². The molecule has 0 aromatic carbocycles. The number of carbonyl (C=O) groups is 1. The summed E-state index contributed by atoms with van der Waals surface area (Å²) in [6.45, 7) is 10.8. The topological polar surface area (TPSA) is 17.1 Å². The van der Waals surface area contributed by atoms with Gasteiger partial charge in [0.05, 0.1) is 0 Å². The molecule has 0 rings (SSSR count). The summed E-state index contributed by atoms with van der Waals surface area (Å²) in [6, 6.07) is 0. The van der Waals surface area contributed by atoms with Gasteiger partial charge in [0.25, 0.3) is 0 Å². The Morgan fingerprint density at radius 2 is 1.43 bits per heavy atom. The average Bonchev–Trinajstić information content (AvgIpc) is 2.09. The Kier molecular flexibility index (Phi) is 6.86. The second-order valence-electron chi connectivity index (χ2n) is 5.17. The summed E-state index contributed by atoms with van der Waals surface area (Å²) in [5.74, 6) is 2.58. The number of hydrogen-bond donors (Lipinski definition) is 0. The van der Waals surface area contributed by atoms with Gasteiger partial charge >= 0.3 is 0 Å². The van der Waals surface area contributed by atoms with Gasteiger partial charge in [-0.1, -0.05) is 40.5 Å². The fraction of sp³-hybridized carbons (Fsp3) is 0.923. The maximum absolute atomic E-state index is 10.8. The molecule has 14 heavy (non-hydrogen) atoms. The zero-order valence-electron chi connectivity index (χ0n) is 10.5. The third-order valence-electron chi connectivity index (χ3n) is 3.12. The van der Waals surface area contributed by atoms with Crippen molar-refractivity contribution in [2.45, 2.75) is 60.3 Å². The van der Waals surface area contributed by atoms with Gasteiger partial charge in [0.1, 0.15) is 5.78 Å². The molecule has 0 aliphatic carbocycles. The van der Waals surface area contributed by atoms with Crippen LogP contribution in [-0.2, 0) is 4.79 Å². The Hall–Kier alpha value is -0.330. The van der Waals surface area contributed by atoms with E-state index in [4.69, 9.17) is 0 Å². The molecule has 0 saturated heterocycles. The van der Waals surface area contributed by atoms with Crippen LogP contribution in [-0.4, -0.2) is 5.78 Å². The van der Waals surface area contributed by atoms with Gasteiger partial charge in [-0.25, -0.2) is 0 Å². The normalized spacial score (nSPS) is 15.6. The molecule has 0 aliphatic heterocycles. The van der Waals surface area contributed by atoms with E-state index in [2.05, 4.69) is 27.7 Å². The Bertz CT molecular complexity index is 161. The van der Waals surface area contributed by atoms with Gasteiger partial charge in [0, 0.05) is 6.42 Å². The van der Waals surface area contributed by atoms with Crippen molar-refractivity contribution in [1.82, 2.24) is 0 Å². The molecule has 0 bridgehead atoms. The summed E-state index contributed by atoms with van der Waals surface area (Å²) < 4.78 is 0. The first-order valence-electron chi connectivity index (χ1n) is 5.93. The van der Waals surface area contributed by atoms with Crippen LogP contribution in [0.5, 0.6) is 0 Å². The van der Waals surface area contributed by atoms with Crippen LogP contribution in [0.25, 0.3) is 0 Å². The van der Waals surface area contributed by atoms with Crippen LogP contribution >= 0.6 is 0 Å². The van der Waals surface area contributed by atoms with E-state index < -0.39 is 0 Å². The highest BCUT2D eigenvalue weighted by molar-refractivity contribution is 5.75. The minimum Gasteiger partial charge on any atom is -0.300 e. The molecule has 0 aromatic rings. The molecular weight excluding hydrogens is 172 g/mol. The fourth-order valence-electron chi connectivity index (χ4n) is 1.60. The summed E-state index contributed by atoms with van der Waals surface area (Å²) in [7, 11) is 0. The Morgan fingerprint density at radius 3 is 1.86 bits per heavy atom. The van der Waals surface area contributed by atoms with Crippen molar-refractivity contribution in [2.75, 3.05) is 0 Å². The molecule has 1 heteroatoms. The zero-order valence-corrected chi connectivity index (χ0v) is 10.5. The van der Waals surface area contributed by atoms with Gasteiger partial charge in [-0.15, -0.1) is 0 Å². The van der Waals surface area contributed by atoms with Crippen molar-refractivity contribution in [2.24, 2.45) is 17.8 Å². The maximum atomic E-state index is 10.8. The molecule has 0 fully saturated rings. The van der Waals surface area contributed by atoms with E-state index in [1.54, 1.807) is 6.92 Å². The largest absolute Gasteiger partial charge is 0.300 e. The first-order valence-corrected chi connectivity index (χ1v) is 5.93. The van der Waals surface area contributed by atoms with Gasteiger partial charge in [-0.2, -0.15) is 0 Å². The molecule has 0 N–H and O–H groups in total. The highest BCUT2D eigenvalue weighted by Crippen LogP contribution is 2.23. The first kappa shape index (κ1) is 13.7. The summed E-state index contributed by atoms with van der Waals surface area (Å²) in [4.78, 5) is 10.8. The van der Waals surface area contributed by atoms with E-state index in [0.29, 0.717) is 11.7 Å². The van der Waals surface area contributed by atoms with Crippen LogP contribution in [0.2, 0.25) is 0 Å². The van der Waals surface area contributed by atoms with Gasteiger partial charge < -0.3 is 4.79 Å². The molecule has 2 atom stereocenters. The quantitative estimate of drug-likeness (QED) is 0.603. The number of hydrogen-bond acceptors (Lipinski definition) is 1. The SMILES string of the molecule is CC(=O)CCC(C)C(C)CCC(C)C. The van der Waals surface area contributed by atoms with Crippen molar-refractivity contribution < 1.29 is 4.79 Å². The van der Waals surface area contributed by atoms with Crippen LogP contribution < -0.4 is 0 Å². The predicted octanol–water partition coefficient (Wildman–Crippen LogP) is 4.06. The second-order valence-corrected chi connectivity index (χ2v) is 5.17. The lowest BCUT2D eigenvalue weighted by atomic mass is 9.86. The second kappa shape index (κ2) is 7.03. The van der Waals surface area contributed by atoms with Crippen LogP contribution in [0.15, 0.2) is 0 Å². The van der Waals surface area contributed by atoms with E-state index in [1.807, 2.05) is 0 Å². The summed E-state index contributed by atoms with van der Waals surface area (Å²) in [6.07, 6.45) is 4.43. The van der Waals surface area contributed by atoms with Crippen molar-refractivity contribution in [3.63, 3.8) is 0 Å². The molecule has 0 amide bonds. The lowest BCUT2D eigenvalue weighted by molar-refractivity contribution is -0.117. The third-order valence-corrected chi connectivity index (χ3v) is 3.12. The lowest BCUT2D eigenvalue weighted by Crippen LogP contribution is -2.10. The highest BCUT2D eigenvalue weighted by atomic mass is 16.1. The van der Waals surface area contributed by atoms with E-state index in [1.165, 1.54) is 12.8 Å². The summed E-state index contributed by atoms with van der Waals surface area (Å²) >= 11 is 0. The minimum absolute atomic E-state index is 0.327. The van der Waals surface area contributed by atoms with E-state index in [-0.39, 0.29) is 0 Å². The minimum atomic E-state index is 0.327. The molecule has 0 saturated carbocycles. The zero-order chi connectivity index (χ0) is 11.1. The summed E-state index contributed by atoms with van der Waals surface area (Å²) in [5, 5.41) is 0. The highest BCUT2D eigenvalue weighted by Gasteiger charge is 2.13. The van der Waals surface area contributed by atoms with Crippen molar-refractivity contribution in [1.29, 1.82) is 0 Å². The molecule has 2 unspecified atom stereocenters. The average molecular weight is 198 g/mol. The van der Waals surface area contributed by atoms with E-state index >= 15 is 0 Å². The molecule has 84 valence electrons. The number of rotatable bonds is 7. The lowest BCUT2D eigenvalue weighted by Gasteiger charge is -2.20. The van der Waals surface area contributed by atoms with Crippen LogP contribution in [0.3, 0.4) is 0 Å². The molecule has 0 aliphatic rings. The van der Waals surface area contributed by atoms with Gasteiger partial charge in [0.2, 0.25) is 0 Å². The van der Waals surface area contributed by atoms with Crippen LogP contribution in [0.4, 0.5) is 0 Å². The number of ketones is 1. The monoisotopic (exact) mass is 198 g/mol. The molecular formula is C13H26O. The van der Waals surface area contributed by atoms with E-state index in [0.717, 1.165) is 24.7 Å². The summed E-state index contributed by atoms with van der Waals surface area (Å²) in [5.41, 5.74) is 0. The van der Waals surface area contributed by atoms with Crippen molar-refractivity contribution in [3.8, 4) is 0 Å². The van der Waals surface area contributed by atoms with Crippen molar-refractivity contribution in [3.05, 3.63) is 0 Å². The first-order chi connectivity index (χ1) is 6.43. The maximum Gasteiger partial charge on any atom is 0.129 e. The Morgan fingerprint density at radius 1 is 0.929 bits per heavy atom. The number of Topliss-reactive ketones (excluding diaryl/α,β-unsaturated/α-hetero) is 1. The number of carbonyl (C=O) groups excluding carboxylic acids is 1. The fourth-order valence-corrected chi connectivity index (χ4v) is 1.60. The van der Waals surface area contributed by atoms with Crippen LogP contribution in [0.1, 0.15) is 60.3 Å². The molecule has 0 aromatic heterocycles. The predicted molar refractivity (Wildman–Crippen MR) is 62.3 cm³/mol. The molecule has 1 nitrogen and oxygen atoms in total. The molecule has 0 heterocycles. The van der Waals surface area contributed by atoms with E-state index in [9.17, 15) is 4.79 Å². The van der Waals surface area contributed by atoms with Crippen molar-refractivity contribution >= 4 is 5.78 Å². The smallest absolute Gasteiger partial charge is 0.129 e. The Balaban J connectivity index is 3.64. The standard InChI is InChI=1S/C13H26O/c1-10(2)6-7-11(3)12(4)8-9-13(5)14/h10-12H,6-9H2,1-5H3. The van der Waals surface area contributed by atoms with Gasteiger partial charge in [-0.3, -0.25) is 0 Å². The molecule has 0 spiro atoms. The third kappa shape index (κ3) is 7.11.